The summed E-state index contributed by atoms with van der Waals surface area (Å²) in [7, 11) is 1.82. The second kappa shape index (κ2) is 8.31. The summed E-state index contributed by atoms with van der Waals surface area (Å²) < 4.78 is 10.5. The van der Waals surface area contributed by atoms with E-state index in [9.17, 15) is 9.59 Å². The van der Waals surface area contributed by atoms with Crippen LogP contribution in [0.5, 0.6) is 0 Å². The van der Waals surface area contributed by atoms with Gasteiger partial charge in [-0.2, -0.15) is 0 Å². The average Bonchev–Trinajstić information content (AvgIpc) is 3.05. The lowest BCUT2D eigenvalue weighted by Gasteiger charge is -2.31. The number of carbonyl (C=O) groups is 2. The van der Waals surface area contributed by atoms with Crippen molar-refractivity contribution >= 4 is 11.8 Å². The molecule has 0 aromatic heterocycles. The highest BCUT2D eigenvalue weighted by Crippen LogP contribution is 2.20. The summed E-state index contributed by atoms with van der Waals surface area (Å²) in [5.41, 5.74) is 0. The van der Waals surface area contributed by atoms with Gasteiger partial charge in [-0.05, 0) is 25.8 Å². The molecule has 0 aromatic carbocycles. The van der Waals surface area contributed by atoms with Gasteiger partial charge in [0.25, 0.3) is 0 Å². The maximum Gasteiger partial charge on any atom is 0.319 e. The second-order valence-electron chi connectivity index (χ2n) is 5.50. The summed E-state index contributed by atoms with van der Waals surface area (Å²) in [5, 5.41) is 5.89. The van der Waals surface area contributed by atoms with Crippen molar-refractivity contribution in [3.8, 4) is 0 Å². The fourth-order valence-electron chi connectivity index (χ4n) is 2.71. The summed E-state index contributed by atoms with van der Waals surface area (Å²) >= 11 is 0. The predicted molar refractivity (Wildman–Crippen MR) is 76.9 cm³/mol. The summed E-state index contributed by atoms with van der Waals surface area (Å²) in [5.74, 6) is 0.250. The van der Waals surface area contributed by atoms with Gasteiger partial charge in [0.1, 0.15) is 6.73 Å². The Morgan fingerprint density at radius 1 is 1.24 bits per heavy atom. The van der Waals surface area contributed by atoms with Crippen LogP contribution in [-0.4, -0.2) is 69.4 Å². The molecule has 0 aliphatic carbocycles. The van der Waals surface area contributed by atoms with E-state index in [1.165, 1.54) is 0 Å². The number of Topliss-reactive ketones (excluding diaryl/α,β-unsaturated/α-hetero) is 1. The van der Waals surface area contributed by atoms with Crippen molar-refractivity contribution in [2.75, 3.05) is 46.7 Å². The van der Waals surface area contributed by atoms with Gasteiger partial charge in [0.2, 0.25) is 0 Å². The minimum absolute atomic E-state index is 0.0877. The first kappa shape index (κ1) is 16.2. The van der Waals surface area contributed by atoms with Gasteiger partial charge < -0.3 is 20.1 Å². The number of hydrogen-bond donors (Lipinski definition) is 2. The normalized spacial score (nSPS) is 21.3. The van der Waals surface area contributed by atoms with E-state index in [2.05, 4.69) is 10.6 Å². The minimum atomic E-state index is -0.421. The van der Waals surface area contributed by atoms with Gasteiger partial charge in [0.05, 0.1) is 12.6 Å². The van der Waals surface area contributed by atoms with Crippen LogP contribution in [0.2, 0.25) is 0 Å². The number of nitrogens with zero attached hydrogens (tertiary/aromatic N) is 1. The van der Waals surface area contributed by atoms with Crippen molar-refractivity contribution in [3.05, 3.63) is 0 Å². The molecular weight excluding hydrogens is 274 g/mol. The van der Waals surface area contributed by atoms with E-state index >= 15 is 0 Å². The van der Waals surface area contributed by atoms with Crippen molar-refractivity contribution in [1.82, 2.24) is 15.5 Å². The van der Waals surface area contributed by atoms with Crippen LogP contribution in [0.3, 0.4) is 0 Å². The molecule has 2 amide bonds. The molecule has 2 N–H and O–H groups in total. The Balaban J connectivity index is 1.95. The molecule has 7 heteroatoms. The molecule has 2 fully saturated rings. The zero-order valence-electron chi connectivity index (χ0n) is 12.6. The Morgan fingerprint density at radius 3 is 2.62 bits per heavy atom. The smallest absolute Gasteiger partial charge is 0.319 e. The molecule has 7 nitrogen and oxygen atoms in total. The molecule has 2 saturated heterocycles. The van der Waals surface area contributed by atoms with Crippen molar-refractivity contribution < 1.29 is 19.1 Å². The van der Waals surface area contributed by atoms with Crippen LogP contribution in [0.4, 0.5) is 4.79 Å². The van der Waals surface area contributed by atoms with Crippen LogP contribution < -0.4 is 10.6 Å². The standard InChI is InChI=1S/C14H25N3O4/c1-15-5-2-12(18)13(11-3-7-20-8-4-11)16-14(19)17-6-9-21-10-17/h11,13,15H,2-10H2,1H3,(H,16,19). The summed E-state index contributed by atoms with van der Waals surface area (Å²) in [4.78, 5) is 26.2. The van der Waals surface area contributed by atoms with Crippen LogP contribution in [0.15, 0.2) is 0 Å². The number of ketones is 1. The number of carbonyl (C=O) groups excluding carboxylic acids is 2. The Kier molecular flexibility index (Phi) is 6.41. The van der Waals surface area contributed by atoms with Crippen LogP contribution in [0.25, 0.3) is 0 Å². The number of nitrogens with one attached hydrogen (secondary N) is 2. The first-order valence-electron chi connectivity index (χ1n) is 7.60. The maximum absolute atomic E-state index is 12.4. The molecule has 1 unspecified atom stereocenters. The summed E-state index contributed by atoms with van der Waals surface area (Å²) in [6, 6.07) is -0.628. The van der Waals surface area contributed by atoms with Gasteiger partial charge in [-0.3, -0.25) is 9.69 Å². The topological polar surface area (TPSA) is 79.9 Å². The zero-order chi connectivity index (χ0) is 15.1. The van der Waals surface area contributed by atoms with Gasteiger partial charge in [-0.25, -0.2) is 4.79 Å². The number of amides is 2. The Hall–Kier alpha value is -1.18. The monoisotopic (exact) mass is 299 g/mol. The van der Waals surface area contributed by atoms with Crippen LogP contribution >= 0.6 is 0 Å². The highest BCUT2D eigenvalue weighted by atomic mass is 16.5. The molecule has 0 radical (unpaired) electrons. The first-order chi connectivity index (χ1) is 10.2. The van der Waals surface area contributed by atoms with E-state index in [0.717, 1.165) is 12.8 Å². The van der Waals surface area contributed by atoms with E-state index in [0.29, 0.717) is 46.1 Å². The van der Waals surface area contributed by atoms with Crippen molar-refractivity contribution in [3.63, 3.8) is 0 Å². The highest BCUT2D eigenvalue weighted by molar-refractivity contribution is 5.89. The lowest BCUT2D eigenvalue weighted by Crippen LogP contribution is -2.52. The average molecular weight is 299 g/mol. The Labute approximate surface area is 125 Å². The van der Waals surface area contributed by atoms with Crippen molar-refractivity contribution in [2.45, 2.75) is 25.3 Å². The van der Waals surface area contributed by atoms with Crippen LogP contribution in [-0.2, 0) is 14.3 Å². The minimum Gasteiger partial charge on any atom is -0.381 e. The largest absolute Gasteiger partial charge is 0.381 e. The molecule has 2 heterocycles. The van der Waals surface area contributed by atoms with E-state index < -0.39 is 6.04 Å². The molecule has 0 bridgehead atoms. The van der Waals surface area contributed by atoms with Gasteiger partial charge in [-0.1, -0.05) is 0 Å². The third-order valence-corrected chi connectivity index (χ3v) is 4.02. The van der Waals surface area contributed by atoms with E-state index in [4.69, 9.17) is 9.47 Å². The van der Waals surface area contributed by atoms with Gasteiger partial charge in [0.15, 0.2) is 5.78 Å². The van der Waals surface area contributed by atoms with Crippen LogP contribution in [0, 0.1) is 5.92 Å². The van der Waals surface area contributed by atoms with Gasteiger partial charge in [0, 0.05) is 32.7 Å². The number of urea groups is 1. The Morgan fingerprint density at radius 2 is 2.00 bits per heavy atom. The first-order valence-corrected chi connectivity index (χ1v) is 7.60. The molecule has 0 spiro atoms. The number of ether oxygens (including phenoxy) is 2. The van der Waals surface area contributed by atoms with Crippen molar-refractivity contribution in [1.29, 1.82) is 0 Å². The molecule has 1 atom stereocenters. The maximum atomic E-state index is 12.4. The molecule has 2 rings (SSSR count). The third-order valence-electron chi connectivity index (χ3n) is 4.02. The van der Waals surface area contributed by atoms with Crippen molar-refractivity contribution in [2.24, 2.45) is 5.92 Å². The highest BCUT2D eigenvalue weighted by Gasteiger charge is 2.32. The predicted octanol–water partition coefficient (Wildman–Crippen LogP) is -0.0405. The number of rotatable bonds is 6. The number of hydrogen-bond acceptors (Lipinski definition) is 5. The fourth-order valence-corrected chi connectivity index (χ4v) is 2.71. The quantitative estimate of drug-likeness (QED) is 0.719. The van der Waals surface area contributed by atoms with Gasteiger partial charge >= 0.3 is 6.03 Å². The second-order valence-corrected chi connectivity index (χ2v) is 5.50. The van der Waals surface area contributed by atoms with E-state index in [-0.39, 0.29) is 17.7 Å². The lowest BCUT2D eigenvalue weighted by molar-refractivity contribution is -0.123. The Bertz CT molecular complexity index is 352. The fraction of sp³-hybridized carbons (Fsp3) is 0.857. The lowest BCUT2D eigenvalue weighted by atomic mass is 9.88. The van der Waals surface area contributed by atoms with E-state index in [1.54, 1.807) is 4.90 Å². The molecular formula is C14H25N3O4. The molecule has 0 saturated carbocycles. The van der Waals surface area contributed by atoms with Gasteiger partial charge in [-0.15, -0.1) is 0 Å². The SMILES string of the molecule is CNCCC(=O)C(NC(=O)N1CCOC1)C1CCOCC1. The van der Waals surface area contributed by atoms with Crippen LogP contribution in [0.1, 0.15) is 19.3 Å². The zero-order valence-corrected chi connectivity index (χ0v) is 12.6. The van der Waals surface area contributed by atoms with E-state index in [1.807, 2.05) is 7.05 Å². The summed E-state index contributed by atoms with van der Waals surface area (Å²) in [6.07, 6.45) is 2.05. The molecule has 2 aliphatic heterocycles. The third kappa shape index (κ3) is 4.66. The molecule has 0 aromatic rings. The molecule has 2 aliphatic rings. The molecule has 21 heavy (non-hydrogen) atoms. The summed E-state index contributed by atoms with van der Waals surface area (Å²) in [6.45, 7) is 3.38. The molecule has 120 valence electrons.